The number of rotatable bonds is 8. The summed E-state index contributed by atoms with van der Waals surface area (Å²) < 4.78 is 11.1. The van der Waals surface area contributed by atoms with Crippen molar-refractivity contribution in [3.05, 3.63) is 12.1 Å². The van der Waals surface area contributed by atoms with Gasteiger partial charge in [0.1, 0.15) is 11.7 Å². The highest BCUT2D eigenvalue weighted by atomic mass is 35.5. The fourth-order valence-corrected chi connectivity index (χ4v) is 6.15. The molecule has 2 aliphatic heterocycles. The Morgan fingerprint density at radius 3 is 2.38 bits per heavy atom. The number of ether oxygens (including phenoxy) is 2. The normalized spacial score (nSPS) is 21.8. The minimum Gasteiger partial charge on any atom is -0.493 e. The van der Waals surface area contributed by atoms with Crippen molar-refractivity contribution in [2.45, 2.75) is 69.5 Å². The van der Waals surface area contributed by atoms with Gasteiger partial charge in [-0.15, -0.1) is 11.6 Å². The first-order valence-electron chi connectivity index (χ1n) is 13.6. The maximum Gasteiger partial charge on any atom is 0.235 e. The van der Waals surface area contributed by atoms with Crippen LogP contribution in [0.3, 0.4) is 0 Å². The van der Waals surface area contributed by atoms with Crippen molar-refractivity contribution >= 4 is 40.2 Å². The molecular formula is C27H39ClN6O3. The first-order valence-corrected chi connectivity index (χ1v) is 14.2. The van der Waals surface area contributed by atoms with E-state index in [0.717, 1.165) is 61.7 Å². The molecule has 3 heterocycles. The Balaban J connectivity index is 1.37. The Morgan fingerprint density at radius 2 is 1.68 bits per heavy atom. The van der Waals surface area contributed by atoms with E-state index in [4.69, 9.17) is 31.0 Å². The van der Waals surface area contributed by atoms with Crippen LogP contribution in [0.15, 0.2) is 12.1 Å². The van der Waals surface area contributed by atoms with E-state index in [1.165, 1.54) is 32.1 Å². The minimum absolute atomic E-state index is 0.0295. The number of fused-ring (bicyclic) bond motifs is 1. The molecule has 2 saturated heterocycles. The van der Waals surface area contributed by atoms with Crippen molar-refractivity contribution in [1.82, 2.24) is 20.2 Å². The number of hydrogen-bond acceptors (Lipinski definition) is 8. The maximum absolute atomic E-state index is 11.8. The van der Waals surface area contributed by atoms with Crippen LogP contribution >= 0.6 is 11.6 Å². The molecule has 1 unspecified atom stereocenters. The molecule has 1 aliphatic carbocycles. The summed E-state index contributed by atoms with van der Waals surface area (Å²) in [5.74, 6) is 2.60. The molecule has 10 heteroatoms. The highest BCUT2D eigenvalue weighted by Gasteiger charge is 2.29. The number of anilines is 2. The van der Waals surface area contributed by atoms with Crippen LogP contribution in [-0.4, -0.2) is 85.2 Å². The number of nitrogens with one attached hydrogen (secondary N) is 2. The van der Waals surface area contributed by atoms with E-state index in [1.54, 1.807) is 14.2 Å². The molecule has 1 aromatic heterocycles. The van der Waals surface area contributed by atoms with Crippen molar-refractivity contribution in [2.75, 3.05) is 56.5 Å². The monoisotopic (exact) mass is 530 g/mol. The molecule has 2 aromatic rings. The van der Waals surface area contributed by atoms with Gasteiger partial charge in [-0.2, -0.15) is 4.98 Å². The number of likely N-dealkylation sites (tertiary alicyclic amines) is 1. The van der Waals surface area contributed by atoms with E-state index in [9.17, 15) is 4.79 Å². The number of amides is 1. The molecule has 1 atom stereocenters. The van der Waals surface area contributed by atoms with Gasteiger partial charge in [-0.1, -0.05) is 19.3 Å². The molecular weight excluding hydrogens is 492 g/mol. The Hall–Kier alpha value is -2.52. The molecule has 202 valence electrons. The maximum atomic E-state index is 11.8. The Kier molecular flexibility index (Phi) is 8.39. The van der Waals surface area contributed by atoms with Gasteiger partial charge >= 0.3 is 0 Å². The molecule has 3 aliphatic rings. The zero-order chi connectivity index (χ0) is 25.8. The van der Waals surface area contributed by atoms with E-state index < -0.39 is 0 Å². The van der Waals surface area contributed by atoms with Crippen molar-refractivity contribution in [1.29, 1.82) is 0 Å². The number of benzene rings is 1. The number of methoxy groups -OCH3 is 2. The molecule has 1 aromatic carbocycles. The smallest absolute Gasteiger partial charge is 0.235 e. The second-order valence-corrected chi connectivity index (χ2v) is 10.7. The second kappa shape index (κ2) is 11.9. The van der Waals surface area contributed by atoms with Gasteiger partial charge in [0, 0.05) is 55.8 Å². The Morgan fingerprint density at radius 1 is 0.973 bits per heavy atom. The highest BCUT2D eigenvalue weighted by molar-refractivity contribution is 6.27. The van der Waals surface area contributed by atoms with Gasteiger partial charge < -0.3 is 29.9 Å². The number of aromatic nitrogens is 2. The standard InChI is InChI=1S/C27H39ClN6O3/c1-36-23-14-21-22(15-24(23)37-2)31-27(34-13-10-19(17-34)29-25(35)16-28)32-26(21)30-18-8-11-33(12-9-18)20-6-4-3-5-7-20/h14-15,18-20H,3-13,16-17H2,1-2H3,(H,29,35)(H,30,31,32). The predicted octanol–water partition coefficient (Wildman–Crippen LogP) is 3.79. The first-order chi connectivity index (χ1) is 18.1. The van der Waals surface area contributed by atoms with Crippen molar-refractivity contribution in [3.8, 4) is 11.5 Å². The van der Waals surface area contributed by atoms with Crippen LogP contribution in [0, 0.1) is 0 Å². The van der Waals surface area contributed by atoms with Gasteiger partial charge in [0.05, 0.1) is 19.7 Å². The third-order valence-electron chi connectivity index (χ3n) is 8.11. The molecule has 1 saturated carbocycles. The lowest BCUT2D eigenvalue weighted by Gasteiger charge is -2.39. The van der Waals surface area contributed by atoms with Crippen LogP contribution < -0.4 is 25.0 Å². The molecule has 9 nitrogen and oxygen atoms in total. The summed E-state index contributed by atoms with van der Waals surface area (Å²) in [5.41, 5.74) is 0.804. The lowest BCUT2D eigenvalue weighted by Crippen LogP contribution is -2.45. The summed E-state index contributed by atoms with van der Waals surface area (Å²) in [5, 5.41) is 7.67. The highest BCUT2D eigenvalue weighted by Crippen LogP contribution is 2.36. The van der Waals surface area contributed by atoms with E-state index >= 15 is 0 Å². The quantitative estimate of drug-likeness (QED) is 0.498. The van der Waals surface area contributed by atoms with Gasteiger partial charge in [-0.05, 0) is 38.2 Å². The van der Waals surface area contributed by atoms with Crippen LogP contribution in [-0.2, 0) is 4.79 Å². The van der Waals surface area contributed by atoms with E-state index in [0.29, 0.717) is 30.0 Å². The Labute approximate surface area is 224 Å². The van der Waals surface area contributed by atoms with Gasteiger partial charge in [-0.25, -0.2) is 4.98 Å². The number of carbonyl (C=O) groups is 1. The summed E-state index contributed by atoms with van der Waals surface area (Å²) in [6.45, 7) is 3.68. The van der Waals surface area contributed by atoms with Crippen LogP contribution in [0.1, 0.15) is 51.4 Å². The van der Waals surface area contributed by atoms with Gasteiger partial charge in [0.2, 0.25) is 11.9 Å². The topological polar surface area (TPSA) is 91.8 Å². The van der Waals surface area contributed by atoms with Crippen LogP contribution in [0.5, 0.6) is 11.5 Å². The molecule has 2 N–H and O–H groups in total. The summed E-state index contributed by atoms with van der Waals surface area (Å²) in [7, 11) is 3.28. The van der Waals surface area contributed by atoms with Crippen LogP contribution in [0.4, 0.5) is 11.8 Å². The fraction of sp³-hybridized carbons (Fsp3) is 0.667. The largest absolute Gasteiger partial charge is 0.493 e. The number of nitrogens with zero attached hydrogens (tertiary/aromatic N) is 4. The molecule has 0 bridgehead atoms. The molecule has 37 heavy (non-hydrogen) atoms. The van der Waals surface area contributed by atoms with Gasteiger partial charge in [-0.3, -0.25) is 4.79 Å². The molecule has 0 radical (unpaired) electrons. The zero-order valence-corrected chi connectivity index (χ0v) is 22.7. The van der Waals surface area contributed by atoms with E-state index in [1.807, 2.05) is 12.1 Å². The predicted molar refractivity (Wildman–Crippen MR) is 147 cm³/mol. The third-order valence-corrected chi connectivity index (χ3v) is 8.35. The van der Waals surface area contributed by atoms with E-state index in [2.05, 4.69) is 20.4 Å². The summed E-state index contributed by atoms with van der Waals surface area (Å²) in [6, 6.07) is 5.04. The Bertz CT molecular complexity index is 1090. The average molecular weight is 531 g/mol. The number of hydrogen-bond donors (Lipinski definition) is 2. The molecule has 3 fully saturated rings. The van der Waals surface area contributed by atoms with Gasteiger partial charge in [0.15, 0.2) is 11.5 Å². The fourth-order valence-electron chi connectivity index (χ4n) is 6.07. The lowest BCUT2D eigenvalue weighted by atomic mass is 9.92. The zero-order valence-electron chi connectivity index (χ0n) is 22.0. The average Bonchev–Trinajstić information content (AvgIpc) is 3.41. The second-order valence-electron chi connectivity index (χ2n) is 10.5. The van der Waals surface area contributed by atoms with E-state index in [-0.39, 0.29) is 17.8 Å². The SMILES string of the molecule is COc1cc2nc(N3CCC(NC(=O)CCl)C3)nc(NC3CCN(C4CCCCC4)CC3)c2cc1OC. The first kappa shape index (κ1) is 26.1. The molecule has 1 amide bonds. The summed E-state index contributed by atoms with van der Waals surface area (Å²) >= 11 is 5.69. The van der Waals surface area contributed by atoms with Crippen molar-refractivity contribution in [2.24, 2.45) is 0 Å². The van der Waals surface area contributed by atoms with Crippen LogP contribution in [0.2, 0.25) is 0 Å². The van der Waals surface area contributed by atoms with Crippen molar-refractivity contribution < 1.29 is 14.3 Å². The minimum atomic E-state index is -0.147. The van der Waals surface area contributed by atoms with Gasteiger partial charge in [0.25, 0.3) is 0 Å². The number of piperidine rings is 1. The molecule has 5 rings (SSSR count). The van der Waals surface area contributed by atoms with Crippen molar-refractivity contribution in [3.63, 3.8) is 0 Å². The summed E-state index contributed by atoms with van der Waals surface area (Å²) in [6.07, 6.45) is 9.86. The molecule has 0 spiro atoms. The summed E-state index contributed by atoms with van der Waals surface area (Å²) in [4.78, 5) is 26.5. The third kappa shape index (κ3) is 5.98. The number of alkyl halides is 1. The van der Waals surface area contributed by atoms with Crippen LogP contribution in [0.25, 0.3) is 10.9 Å². The number of halogens is 1. The lowest BCUT2D eigenvalue weighted by molar-refractivity contribution is -0.119. The number of carbonyl (C=O) groups excluding carboxylic acids is 1.